The number of sulfonamides is 1. The van der Waals surface area contributed by atoms with Crippen molar-refractivity contribution in [2.75, 3.05) is 25.0 Å². The molecule has 0 aliphatic rings. The Hall–Kier alpha value is -2.30. The lowest BCUT2D eigenvalue weighted by Crippen LogP contribution is -2.33. The van der Waals surface area contributed by atoms with Crippen molar-refractivity contribution in [1.82, 2.24) is 9.29 Å². The Kier molecular flexibility index (Phi) is 9.80. The third kappa shape index (κ3) is 6.60. The summed E-state index contributed by atoms with van der Waals surface area (Å²) < 4.78 is 32.6. The van der Waals surface area contributed by atoms with Gasteiger partial charge in [-0.15, -0.1) is 0 Å². The number of hydrogen-bond donors (Lipinski definition) is 1. The van der Waals surface area contributed by atoms with E-state index in [2.05, 4.69) is 10.3 Å². The van der Waals surface area contributed by atoms with Gasteiger partial charge in [-0.3, -0.25) is 10.1 Å². The van der Waals surface area contributed by atoms with Crippen LogP contribution in [0.25, 0.3) is 0 Å². The van der Waals surface area contributed by atoms with Gasteiger partial charge in [-0.2, -0.15) is 4.31 Å². The average molecular weight is 482 g/mol. The van der Waals surface area contributed by atoms with Crippen LogP contribution in [0.2, 0.25) is 0 Å². The van der Waals surface area contributed by atoms with Gasteiger partial charge in [0, 0.05) is 18.7 Å². The van der Waals surface area contributed by atoms with Crippen LogP contribution in [0.3, 0.4) is 0 Å². The fourth-order valence-electron chi connectivity index (χ4n) is 2.95. The number of ether oxygens (including phenoxy) is 1. The molecule has 1 amide bonds. The van der Waals surface area contributed by atoms with Gasteiger partial charge in [-0.25, -0.2) is 18.2 Å². The summed E-state index contributed by atoms with van der Waals surface area (Å²) in [5.74, 6) is -0.916. The van der Waals surface area contributed by atoms with Gasteiger partial charge in [0.1, 0.15) is 4.88 Å². The van der Waals surface area contributed by atoms with Gasteiger partial charge in [-0.05, 0) is 51.0 Å². The summed E-state index contributed by atoms with van der Waals surface area (Å²) >= 11 is 1.04. The normalized spacial score (nSPS) is 11.5. The molecular formula is C22H31N3O5S2. The van der Waals surface area contributed by atoms with E-state index < -0.39 is 21.9 Å². The predicted octanol–water partition coefficient (Wildman–Crippen LogP) is 4.47. The van der Waals surface area contributed by atoms with Gasteiger partial charge in [0.2, 0.25) is 10.0 Å². The van der Waals surface area contributed by atoms with Crippen LogP contribution in [0, 0.1) is 6.92 Å². The number of nitrogens with one attached hydrogen (secondary N) is 1. The summed E-state index contributed by atoms with van der Waals surface area (Å²) in [6, 6.07) is 5.86. The number of anilines is 1. The van der Waals surface area contributed by atoms with Crippen LogP contribution >= 0.6 is 11.3 Å². The van der Waals surface area contributed by atoms with E-state index in [1.807, 2.05) is 13.8 Å². The second-order valence-corrected chi connectivity index (χ2v) is 10.2. The minimum absolute atomic E-state index is 0.163. The molecule has 32 heavy (non-hydrogen) atoms. The highest BCUT2D eigenvalue weighted by Crippen LogP contribution is 2.24. The molecule has 1 heterocycles. The molecule has 0 fully saturated rings. The summed E-state index contributed by atoms with van der Waals surface area (Å²) in [4.78, 5) is 29.2. The molecule has 2 rings (SSSR count). The lowest BCUT2D eigenvalue weighted by Gasteiger charge is -2.22. The number of thiazole rings is 1. The first-order chi connectivity index (χ1) is 15.2. The monoisotopic (exact) mass is 481 g/mol. The quantitative estimate of drug-likeness (QED) is 0.448. The van der Waals surface area contributed by atoms with E-state index in [0.29, 0.717) is 29.2 Å². The summed E-state index contributed by atoms with van der Waals surface area (Å²) in [5, 5.41) is 2.93. The number of unbranched alkanes of at least 4 members (excludes halogenated alkanes) is 2. The van der Waals surface area contributed by atoms with Crippen molar-refractivity contribution >= 4 is 38.4 Å². The van der Waals surface area contributed by atoms with Crippen molar-refractivity contribution in [3.05, 3.63) is 40.4 Å². The smallest absolute Gasteiger partial charge is 0.350 e. The number of esters is 1. The van der Waals surface area contributed by atoms with E-state index in [0.717, 1.165) is 37.0 Å². The molecule has 0 unspecified atom stereocenters. The minimum Gasteiger partial charge on any atom is -0.462 e. The van der Waals surface area contributed by atoms with Gasteiger partial charge in [-0.1, -0.05) is 38.0 Å². The zero-order valence-corrected chi connectivity index (χ0v) is 20.6. The molecule has 0 aliphatic carbocycles. The largest absolute Gasteiger partial charge is 0.462 e. The topological polar surface area (TPSA) is 106 Å². The first-order valence-corrected chi connectivity index (χ1v) is 13.1. The van der Waals surface area contributed by atoms with Crippen LogP contribution in [0.4, 0.5) is 5.13 Å². The molecule has 0 spiro atoms. The van der Waals surface area contributed by atoms with Crippen LogP contribution < -0.4 is 5.32 Å². The van der Waals surface area contributed by atoms with E-state index in [1.165, 1.54) is 28.6 Å². The van der Waals surface area contributed by atoms with Crippen LogP contribution in [-0.4, -0.2) is 49.3 Å². The Morgan fingerprint density at radius 1 is 1.06 bits per heavy atom. The first kappa shape index (κ1) is 26.0. The Morgan fingerprint density at radius 2 is 1.66 bits per heavy atom. The summed E-state index contributed by atoms with van der Waals surface area (Å²) in [6.07, 6.45) is 3.41. The van der Waals surface area contributed by atoms with Crippen molar-refractivity contribution in [2.45, 2.75) is 58.3 Å². The van der Waals surface area contributed by atoms with Gasteiger partial charge >= 0.3 is 5.97 Å². The minimum atomic E-state index is -3.62. The highest BCUT2D eigenvalue weighted by atomic mass is 32.2. The van der Waals surface area contributed by atoms with Crippen molar-refractivity contribution < 1.29 is 22.7 Å². The van der Waals surface area contributed by atoms with Crippen molar-refractivity contribution in [2.24, 2.45) is 0 Å². The van der Waals surface area contributed by atoms with E-state index >= 15 is 0 Å². The Bertz CT molecular complexity index is 1010. The predicted molar refractivity (Wildman–Crippen MR) is 126 cm³/mol. The number of aromatic nitrogens is 1. The van der Waals surface area contributed by atoms with Crippen LogP contribution in [0.1, 0.15) is 72.2 Å². The third-order valence-corrected chi connectivity index (χ3v) is 7.72. The fraction of sp³-hybridized carbons (Fsp3) is 0.500. The molecule has 1 aromatic carbocycles. The molecular weight excluding hydrogens is 450 g/mol. The number of nitrogens with zero attached hydrogens (tertiary/aromatic N) is 2. The van der Waals surface area contributed by atoms with E-state index in [4.69, 9.17) is 4.74 Å². The zero-order chi connectivity index (χ0) is 23.7. The van der Waals surface area contributed by atoms with Crippen LogP contribution in [0.15, 0.2) is 29.2 Å². The third-order valence-electron chi connectivity index (χ3n) is 4.75. The van der Waals surface area contributed by atoms with Crippen molar-refractivity contribution in [1.29, 1.82) is 0 Å². The maximum Gasteiger partial charge on any atom is 0.350 e. The summed E-state index contributed by atoms with van der Waals surface area (Å²) in [7, 11) is -3.62. The highest BCUT2D eigenvalue weighted by Gasteiger charge is 2.24. The number of amides is 1. The van der Waals surface area contributed by atoms with Gasteiger partial charge in [0.15, 0.2) is 5.13 Å². The second kappa shape index (κ2) is 12.1. The van der Waals surface area contributed by atoms with Gasteiger partial charge in [0.05, 0.1) is 17.2 Å². The molecule has 2 aromatic rings. The zero-order valence-electron chi connectivity index (χ0n) is 19.0. The molecule has 176 valence electrons. The highest BCUT2D eigenvalue weighted by molar-refractivity contribution is 7.89. The molecule has 1 N–H and O–H groups in total. The molecule has 0 saturated carbocycles. The summed E-state index contributed by atoms with van der Waals surface area (Å²) in [6.45, 7) is 8.64. The number of benzene rings is 1. The Labute approximate surface area is 194 Å². The molecule has 0 aliphatic heterocycles. The molecule has 0 atom stereocenters. The van der Waals surface area contributed by atoms with E-state index in [-0.39, 0.29) is 16.6 Å². The number of carbonyl (C=O) groups excluding carboxylic acids is 2. The SMILES string of the molecule is CCCCN(CCCC)S(=O)(=O)c1ccc(C(=O)Nc2nc(C)c(C(=O)OCC)s2)cc1. The molecule has 10 heteroatoms. The Balaban J connectivity index is 2.14. The molecule has 0 radical (unpaired) electrons. The second-order valence-electron chi connectivity index (χ2n) is 7.24. The summed E-state index contributed by atoms with van der Waals surface area (Å²) in [5.41, 5.74) is 0.771. The molecule has 0 saturated heterocycles. The number of carbonyl (C=O) groups is 2. The maximum absolute atomic E-state index is 13.0. The number of hydrogen-bond acceptors (Lipinski definition) is 7. The first-order valence-electron chi connectivity index (χ1n) is 10.8. The van der Waals surface area contributed by atoms with E-state index in [1.54, 1.807) is 13.8 Å². The Morgan fingerprint density at radius 3 is 2.19 bits per heavy atom. The van der Waals surface area contributed by atoms with E-state index in [9.17, 15) is 18.0 Å². The molecule has 1 aromatic heterocycles. The fourth-order valence-corrected chi connectivity index (χ4v) is 5.33. The van der Waals surface area contributed by atoms with Gasteiger partial charge in [0.25, 0.3) is 5.91 Å². The van der Waals surface area contributed by atoms with Crippen molar-refractivity contribution in [3.8, 4) is 0 Å². The van der Waals surface area contributed by atoms with Crippen molar-refractivity contribution in [3.63, 3.8) is 0 Å². The lowest BCUT2D eigenvalue weighted by atomic mass is 10.2. The number of aryl methyl sites for hydroxylation is 1. The molecule has 8 nitrogen and oxygen atoms in total. The lowest BCUT2D eigenvalue weighted by molar-refractivity contribution is 0.0531. The van der Waals surface area contributed by atoms with Crippen LogP contribution in [0.5, 0.6) is 0 Å². The van der Waals surface area contributed by atoms with Crippen LogP contribution in [-0.2, 0) is 14.8 Å². The van der Waals surface area contributed by atoms with Gasteiger partial charge < -0.3 is 4.74 Å². The maximum atomic E-state index is 13.0. The number of rotatable bonds is 12. The molecule has 0 bridgehead atoms. The standard InChI is InChI=1S/C22H31N3O5S2/c1-5-8-14-25(15-9-6-2)32(28,29)18-12-10-17(11-13-18)20(26)24-22-23-16(4)19(31-22)21(27)30-7-3/h10-13H,5-9,14-15H2,1-4H3,(H,23,24,26). The average Bonchev–Trinajstić information content (AvgIpc) is 3.13.